The van der Waals surface area contributed by atoms with Gasteiger partial charge in [0.15, 0.2) is 0 Å². The van der Waals surface area contributed by atoms with E-state index < -0.39 is 0 Å². The highest BCUT2D eigenvalue weighted by Crippen LogP contribution is 2.45. The van der Waals surface area contributed by atoms with E-state index in [0.29, 0.717) is 12.5 Å². The van der Waals surface area contributed by atoms with Gasteiger partial charge in [-0.1, -0.05) is 50.2 Å². The molecule has 0 aromatic heterocycles. The van der Waals surface area contributed by atoms with E-state index in [1.165, 1.54) is 0 Å². The number of hydrogen-bond donors (Lipinski definition) is 4. The molecule has 0 unspecified atom stereocenters. The first kappa shape index (κ1) is 22.7. The number of carbonyl (C=O) groups excluding carboxylic acids is 2. The number of amides is 4. The Hall–Kier alpha value is -3.02. The zero-order chi connectivity index (χ0) is 22.8. The number of hydrogen-bond acceptors (Lipinski definition) is 2. The van der Waals surface area contributed by atoms with E-state index in [0.717, 1.165) is 40.0 Å². The normalized spacial score (nSPS) is 19.2. The predicted molar refractivity (Wildman–Crippen MR) is 127 cm³/mol. The summed E-state index contributed by atoms with van der Waals surface area (Å²) in [7, 11) is 0. The average Bonchev–Trinajstić information content (AvgIpc) is 2.70. The first-order chi connectivity index (χ1) is 14.6. The summed E-state index contributed by atoms with van der Waals surface area (Å²) < 4.78 is 0. The standard InChI is InChI=1S/C25H34N4O2/c1-15-9-7-10-16(2)21(15)28-23(30)26-14-19-13-20(25(19,5)6)27-24(31)29-22-17(3)11-8-12-18(22)4/h7-12,19-20H,13-14H2,1-6H3,(H2,26,28,30)(H2,27,29,31)/t19-,20-/m0/s1. The quantitative estimate of drug-likeness (QED) is 0.529. The van der Waals surface area contributed by atoms with Crippen LogP contribution in [0.2, 0.25) is 0 Å². The highest BCUT2D eigenvalue weighted by Gasteiger charge is 2.48. The molecule has 0 aliphatic heterocycles. The molecule has 1 fully saturated rings. The van der Waals surface area contributed by atoms with Gasteiger partial charge in [0, 0.05) is 24.0 Å². The third-order valence-corrected chi connectivity index (χ3v) is 6.72. The SMILES string of the molecule is Cc1cccc(C)c1NC(=O)NC[C@@H]1C[C@H](NC(=O)Nc2c(C)cccc2C)C1(C)C. The number of rotatable bonds is 5. The number of anilines is 2. The van der Waals surface area contributed by atoms with Gasteiger partial charge >= 0.3 is 12.1 Å². The summed E-state index contributed by atoms with van der Waals surface area (Å²) in [6.07, 6.45) is 0.830. The lowest BCUT2D eigenvalue weighted by Gasteiger charge is -2.52. The maximum Gasteiger partial charge on any atom is 0.319 e. The smallest absolute Gasteiger partial charge is 0.319 e. The summed E-state index contributed by atoms with van der Waals surface area (Å²) in [4.78, 5) is 24.9. The van der Waals surface area contributed by atoms with Crippen LogP contribution in [0.4, 0.5) is 21.0 Å². The van der Waals surface area contributed by atoms with E-state index in [-0.39, 0.29) is 23.5 Å². The summed E-state index contributed by atoms with van der Waals surface area (Å²) in [5, 5.41) is 12.0. The average molecular weight is 423 g/mol. The van der Waals surface area contributed by atoms with Crippen LogP contribution in [0, 0.1) is 39.0 Å². The van der Waals surface area contributed by atoms with Gasteiger partial charge in [-0.05, 0) is 67.7 Å². The van der Waals surface area contributed by atoms with Gasteiger partial charge in [0.2, 0.25) is 0 Å². The van der Waals surface area contributed by atoms with E-state index >= 15 is 0 Å². The van der Waals surface area contributed by atoms with Gasteiger partial charge in [-0.25, -0.2) is 9.59 Å². The fraction of sp³-hybridized carbons (Fsp3) is 0.440. The van der Waals surface area contributed by atoms with E-state index in [1.54, 1.807) is 0 Å². The van der Waals surface area contributed by atoms with Crippen molar-refractivity contribution < 1.29 is 9.59 Å². The zero-order valence-electron chi connectivity index (χ0n) is 19.3. The molecule has 4 amide bonds. The largest absolute Gasteiger partial charge is 0.338 e. The fourth-order valence-electron chi connectivity index (χ4n) is 4.31. The van der Waals surface area contributed by atoms with E-state index in [1.807, 2.05) is 64.1 Å². The van der Waals surface area contributed by atoms with Gasteiger partial charge in [0.25, 0.3) is 0 Å². The minimum Gasteiger partial charge on any atom is -0.338 e. The van der Waals surface area contributed by atoms with Crippen molar-refractivity contribution in [2.45, 2.75) is 54.0 Å². The maximum atomic E-state index is 12.5. The Bertz CT molecular complexity index is 943. The van der Waals surface area contributed by atoms with Gasteiger partial charge in [-0.3, -0.25) is 0 Å². The highest BCUT2D eigenvalue weighted by atomic mass is 16.2. The molecule has 0 saturated heterocycles. The maximum absolute atomic E-state index is 12.5. The second-order valence-corrected chi connectivity index (χ2v) is 9.27. The van der Waals surface area contributed by atoms with Crippen LogP contribution >= 0.6 is 0 Å². The number of aryl methyl sites for hydroxylation is 4. The van der Waals surface area contributed by atoms with Gasteiger partial charge in [-0.15, -0.1) is 0 Å². The lowest BCUT2D eigenvalue weighted by molar-refractivity contribution is 0.0244. The Morgan fingerprint density at radius 3 is 1.74 bits per heavy atom. The summed E-state index contributed by atoms with van der Waals surface area (Å²) in [6, 6.07) is 11.6. The molecule has 1 aliphatic rings. The molecule has 0 bridgehead atoms. The van der Waals surface area contributed by atoms with Crippen molar-refractivity contribution in [2.24, 2.45) is 11.3 Å². The van der Waals surface area contributed by atoms with Crippen molar-refractivity contribution in [1.29, 1.82) is 0 Å². The molecule has 3 rings (SSSR count). The Labute approximate surface area is 185 Å². The predicted octanol–water partition coefficient (Wildman–Crippen LogP) is 5.28. The van der Waals surface area contributed by atoms with E-state index in [4.69, 9.17) is 0 Å². The van der Waals surface area contributed by atoms with Gasteiger partial charge in [-0.2, -0.15) is 0 Å². The van der Waals surface area contributed by atoms with Gasteiger partial charge in [0.1, 0.15) is 0 Å². The van der Waals surface area contributed by atoms with Crippen molar-refractivity contribution in [3.8, 4) is 0 Å². The summed E-state index contributed by atoms with van der Waals surface area (Å²) in [6.45, 7) is 12.8. The van der Waals surface area contributed by atoms with Crippen LogP contribution in [0.1, 0.15) is 42.5 Å². The number of nitrogens with one attached hydrogen (secondary N) is 4. The molecule has 1 aliphatic carbocycles. The number of benzene rings is 2. The van der Waals surface area contributed by atoms with Gasteiger partial charge in [0.05, 0.1) is 0 Å². The van der Waals surface area contributed by atoms with Crippen LogP contribution in [0.15, 0.2) is 36.4 Å². The lowest BCUT2D eigenvalue weighted by Crippen LogP contribution is -2.61. The fourth-order valence-corrected chi connectivity index (χ4v) is 4.31. The lowest BCUT2D eigenvalue weighted by atomic mass is 9.58. The molecule has 0 spiro atoms. The van der Waals surface area contributed by atoms with E-state index in [2.05, 4.69) is 35.1 Å². The summed E-state index contributed by atoms with van der Waals surface area (Å²) >= 11 is 0. The summed E-state index contributed by atoms with van der Waals surface area (Å²) in [5.74, 6) is 0.293. The molecule has 2 atom stereocenters. The van der Waals surface area contributed by atoms with Crippen LogP contribution < -0.4 is 21.3 Å². The van der Waals surface area contributed by atoms with Crippen molar-refractivity contribution in [1.82, 2.24) is 10.6 Å². The molecule has 31 heavy (non-hydrogen) atoms. The molecular formula is C25H34N4O2. The first-order valence-electron chi connectivity index (χ1n) is 10.8. The number of urea groups is 2. The van der Waals surface area contributed by atoms with Crippen LogP contribution in [0.3, 0.4) is 0 Å². The van der Waals surface area contributed by atoms with Crippen molar-refractivity contribution in [2.75, 3.05) is 17.2 Å². The molecule has 0 radical (unpaired) electrons. The molecule has 2 aromatic carbocycles. The molecule has 166 valence electrons. The van der Waals surface area contributed by atoms with Crippen LogP contribution in [0.25, 0.3) is 0 Å². The van der Waals surface area contributed by atoms with Crippen molar-refractivity contribution >= 4 is 23.4 Å². The highest BCUT2D eigenvalue weighted by molar-refractivity contribution is 5.92. The van der Waals surface area contributed by atoms with Crippen LogP contribution in [0.5, 0.6) is 0 Å². The summed E-state index contributed by atoms with van der Waals surface area (Å²) in [5.41, 5.74) is 5.77. The second kappa shape index (κ2) is 9.00. The minimum atomic E-state index is -0.197. The Balaban J connectivity index is 1.49. The molecule has 4 N–H and O–H groups in total. The Kier molecular flexibility index (Phi) is 6.58. The molecule has 1 saturated carbocycles. The third kappa shape index (κ3) is 5.01. The number of para-hydroxylation sites is 2. The van der Waals surface area contributed by atoms with Crippen molar-refractivity contribution in [3.63, 3.8) is 0 Å². The molecule has 6 heteroatoms. The molecular weight excluding hydrogens is 388 g/mol. The van der Waals surface area contributed by atoms with E-state index in [9.17, 15) is 9.59 Å². The van der Waals surface area contributed by atoms with Gasteiger partial charge < -0.3 is 21.3 Å². The Morgan fingerprint density at radius 2 is 1.29 bits per heavy atom. The molecule has 6 nitrogen and oxygen atoms in total. The van der Waals surface area contributed by atoms with Crippen molar-refractivity contribution in [3.05, 3.63) is 58.7 Å². The topological polar surface area (TPSA) is 82.3 Å². The third-order valence-electron chi connectivity index (χ3n) is 6.72. The van der Waals surface area contributed by atoms with Crippen LogP contribution in [-0.4, -0.2) is 24.6 Å². The number of carbonyl (C=O) groups is 2. The molecule has 0 heterocycles. The minimum absolute atomic E-state index is 0.0605. The Morgan fingerprint density at radius 1 is 0.839 bits per heavy atom. The second-order valence-electron chi connectivity index (χ2n) is 9.27. The molecule has 2 aromatic rings. The monoisotopic (exact) mass is 422 g/mol. The first-order valence-corrected chi connectivity index (χ1v) is 10.8. The zero-order valence-corrected chi connectivity index (χ0v) is 19.3. The van der Waals surface area contributed by atoms with Crippen LogP contribution in [-0.2, 0) is 0 Å².